The molecule has 9 nitrogen and oxygen atoms in total. The zero-order chi connectivity index (χ0) is 25.4. The van der Waals surface area contributed by atoms with Gasteiger partial charge in [0.1, 0.15) is 12.9 Å². The second-order valence-corrected chi connectivity index (χ2v) is 8.86. The lowest BCUT2D eigenvalue weighted by Crippen LogP contribution is -2.50. The van der Waals surface area contributed by atoms with E-state index in [2.05, 4.69) is 21.4 Å². The summed E-state index contributed by atoms with van der Waals surface area (Å²) in [6, 6.07) is 16.0. The molecular weight excluding hydrogens is 482 g/mol. The van der Waals surface area contributed by atoms with E-state index in [1.165, 1.54) is 11.8 Å². The summed E-state index contributed by atoms with van der Waals surface area (Å²) in [7, 11) is 1.51. The second-order valence-electron chi connectivity index (χ2n) is 8.43. The predicted molar refractivity (Wildman–Crippen MR) is 131 cm³/mol. The van der Waals surface area contributed by atoms with Gasteiger partial charge < -0.3 is 15.2 Å². The Bertz CT molecular complexity index is 1530. The minimum Gasteiger partial charge on any atom is -0.465 e. The number of benzene rings is 2. The van der Waals surface area contributed by atoms with Crippen LogP contribution >= 0.6 is 11.6 Å². The van der Waals surface area contributed by atoms with E-state index in [0.29, 0.717) is 51.9 Å². The minimum atomic E-state index is -1.43. The molecule has 0 spiro atoms. The summed E-state index contributed by atoms with van der Waals surface area (Å²) in [5.74, 6) is 0.364. The summed E-state index contributed by atoms with van der Waals surface area (Å²) in [6.45, 7) is 0. The van der Waals surface area contributed by atoms with Crippen LogP contribution in [0.25, 0.3) is 22.4 Å². The molecule has 1 aliphatic carbocycles. The Hall–Kier alpha value is -4.39. The maximum Gasteiger partial charge on any atom is 0.409 e. The molecule has 2 aromatic heterocycles. The van der Waals surface area contributed by atoms with E-state index in [1.54, 1.807) is 54.9 Å². The lowest BCUT2D eigenvalue weighted by Gasteiger charge is -2.18. The summed E-state index contributed by atoms with van der Waals surface area (Å²) in [6.07, 6.45) is 3.16. The van der Waals surface area contributed by atoms with Crippen LogP contribution in [0.2, 0.25) is 5.02 Å². The monoisotopic (exact) mass is 502 g/mol. The van der Waals surface area contributed by atoms with Crippen molar-refractivity contribution in [3.8, 4) is 28.5 Å². The molecule has 0 bridgehead atoms. The summed E-state index contributed by atoms with van der Waals surface area (Å²) in [5.41, 5.74) is 3.79. The van der Waals surface area contributed by atoms with Crippen molar-refractivity contribution in [1.82, 2.24) is 9.97 Å². The molecule has 0 aliphatic heterocycles. The molecule has 2 aromatic carbocycles. The molecule has 36 heavy (non-hydrogen) atoms. The average Bonchev–Trinajstić information content (AvgIpc) is 3.50. The number of fused-ring (bicyclic) bond motifs is 1. The van der Waals surface area contributed by atoms with Gasteiger partial charge in [-0.15, -0.1) is 0 Å². The summed E-state index contributed by atoms with van der Waals surface area (Å²) in [4.78, 5) is 24.1. The van der Waals surface area contributed by atoms with Crippen molar-refractivity contribution in [3.63, 3.8) is 0 Å². The van der Waals surface area contributed by atoms with Crippen LogP contribution in [0.4, 0.5) is 10.5 Å². The number of nitriles is 1. The maximum atomic E-state index is 11.8. The van der Waals surface area contributed by atoms with Gasteiger partial charge in [-0.2, -0.15) is 5.26 Å². The fourth-order valence-electron chi connectivity index (χ4n) is 4.61. The highest BCUT2D eigenvalue weighted by Crippen LogP contribution is 2.41. The maximum absolute atomic E-state index is 11.8. The molecule has 1 amide bonds. The second kappa shape index (κ2) is 9.00. The van der Waals surface area contributed by atoms with Gasteiger partial charge in [-0.05, 0) is 54.8 Å². The molecule has 0 fully saturated rings. The number of rotatable bonds is 5. The summed E-state index contributed by atoms with van der Waals surface area (Å²) >= 11 is 6.19. The normalized spacial score (nSPS) is 16.3. The number of pyridine rings is 1. The van der Waals surface area contributed by atoms with Gasteiger partial charge in [0.05, 0.1) is 29.1 Å². The van der Waals surface area contributed by atoms with Gasteiger partial charge in [-0.25, -0.2) is 9.78 Å². The predicted octanol–water partition coefficient (Wildman–Crippen LogP) is 3.89. The molecule has 1 atom stereocenters. The first-order chi connectivity index (χ1) is 17.3. The lowest BCUT2D eigenvalue weighted by atomic mass is 9.97. The third-order valence-electron chi connectivity index (χ3n) is 6.28. The van der Waals surface area contributed by atoms with Gasteiger partial charge >= 0.3 is 6.09 Å². The van der Waals surface area contributed by atoms with Crippen molar-refractivity contribution < 1.29 is 24.6 Å². The molecule has 5 rings (SSSR count). The fraction of sp³-hybridized carbons (Fsp3) is 0.154. The third-order valence-corrected chi connectivity index (χ3v) is 6.52. The third kappa shape index (κ3) is 4.02. The van der Waals surface area contributed by atoms with Crippen molar-refractivity contribution in [2.45, 2.75) is 18.4 Å². The van der Waals surface area contributed by atoms with Gasteiger partial charge in [0.2, 0.25) is 11.8 Å². The number of amides is 1. The minimum absolute atomic E-state index is 0.364. The standard InChI is InChI=1S/C26H20ClN5O4/c1-36-32-14-18(21-11-19(27)5-2-17(21)12-28)10-16-8-9-26(35,23(16)32)24-29-13-22(31-24)15-3-6-20(7-4-15)30-25(33)34/h2-7,10-11,13-14,30,35H,8-9H2,1H3,(H-,29,31,33,34)/p+1/t26-/m1/s1. The van der Waals surface area contributed by atoms with E-state index < -0.39 is 11.7 Å². The lowest BCUT2D eigenvalue weighted by molar-refractivity contribution is -0.893. The number of carbonyl (C=O) groups is 1. The number of aliphatic hydroxyl groups is 1. The number of hydrogen-bond acceptors (Lipinski definition) is 5. The Labute approximate surface area is 211 Å². The zero-order valence-corrected chi connectivity index (χ0v) is 19.9. The largest absolute Gasteiger partial charge is 0.465 e. The molecule has 0 radical (unpaired) electrons. The van der Waals surface area contributed by atoms with E-state index in [0.717, 1.165) is 16.7 Å². The van der Waals surface area contributed by atoms with E-state index in [-0.39, 0.29) is 0 Å². The van der Waals surface area contributed by atoms with Crippen LogP contribution in [0.1, 0.15) is 29.1 Å². The van der Waals surface area contributed by atoms with E-state index in [1.807, 2.05) is 6.07 Å². The zero-order valence-electron chi connectivity index (χ0n) is 19.1. The van der Waals surface area contributed by atoms with Crippen LogP contribution in [0.15, 0.2) is 60.9 Å². The number of halogens is 1. The number of aryl methyl sites for hydroxylation is 1. The number of aromatic amines is 1. The van der Waals surface area contributed by atoms with Gasteiger partial charge in [0.25, 0.3) is 5.69 Å². The van der Waals surface area contributed by atoms with Gasteiger partial charge in [-0.3, -0.25) is 10.2 Å². The molecule has 0 saturated heterocycles. The van der Waals surface area contributed by atoms with Crippen LogP contribution in [0, 0.1) is 11.3 Å². The molecule has 0 unspecified atom stereocenters. The highest BCUT2D eigenvalue weighted by molar-refractivity contribution is 6.30. The first-order valence-corrected chi connectivity index (χ1v) is 11.4. The number of anilines is 1. The molecule has 0 saturated carbocycles. The first-order valence-electron chi connectivity index (χ1n) is 11.0. The fourth-order valence-corrected chi connectivity index (χ4v) is 4.78. The molecule has 1 aliphatic rings. The first kappa shape index (κ1) is 23.4. The van der Waals surface area contributed by atoms with Crippen molar-refractivity contribution in [3.05, 3.63) is 88.6 Å². The highest BCUT2D eigenvalue weighted by atomic mass is 35.5. The van der Waals surface area contributed by atoms with Crippen LogP contribution in [-0.4, -0.2) is 33.4 Å². The Morgan fingerprint density at radius 2 is 2.03 bits per heavy atom. The van der Waals surface area contributed by atoms with Gasteiger partial charge in [0.15, 0.2) is 0 Å². The molecular formula is C26H21ClN5O4+. The Balaban J connectivity index is 1.53. The Morgan fingerprint density at radius 1 is 1.25 bits per heavy atom. The summed E-state index contributed by atoms with van der Waals surface area (Å²) < 4.78 is 1.51. The van der Waals surface area contributed by atoms with Crippen molar-refractivity contribution in [2.24, 2.45) is 0 Å². The van der Waals surface area contributed by atoms with Crippen molar-refractivity contribution >= 4 is 23.4 Å². The topological polar surface area (TPSA) is 135 Å². The van der Waals surface area contributed by atoms with Crippen molar-refractivity contribution in [2.75, 3.05) is 12.4 Å². The quantitative estimate of drug-likeness (QED) is 0.306. The van der Waals surface area contributed by atoms with E-state index >= 15 is 0 Å². The Kier molecular flexibility index (Phi) is 5.84. The smallest absolute Gasteiger partial charge is 0.409 e. The molecule has 10 heteroatoms. The van der Waals surface area contributed by atoms with Crippen LogP contribution in [0.3, 0.4) is 0 Å². The van der Waals surface area contributed by atoms with E-state index in [9.17, 15) is 15.2 Å². The molecule has 4 N–H and O–H groups in total. The number of imidazole rings is 1. The van der Waals surface area contributed by atoms with E-state index in [4.69, 9.17) is 21.5 Å². The molecule has 4 aromatic rings. The highest BCUT2D eigenvalue weighted by Gasteiger charge is 2.50. The van der Waals surface area contributed by atoms with Gasteiger partial charge in [0, 0.05) is 26.6 Å². The number of hydrogen-bond donors (Lipinski definition) is 4. The van der Waals surface area contributed by atoms with Crippen LogP contribution < -0.4 is 14.9 Å². The Morgan fingerprint density at radius 3 is 2.72 bits per heavy atom. The molecule has 2 heterocycles. The number of nitrogens with one attached hydrogen (secondary N) is 2. The van der Waals surface area contributed by atoms with Crippen LogP contribution in [-0.2, 0) is 12.0 Å². The number of nitrogens with zero attached hydrogens (tertiary/aromatic N) is 3. The van der Waals surface area contributed by atoms with Gasteiger partial charge in [-0.1, -0.05) is 23.7 Å². The van der Waals surface area contributed by atoms with Crippen LogP contribution in [0.5, 0.6) is 0 Å². The SMILES string of the molecule is CO[n+]1cc(-c2cc(Cl)ccc2C#N)cc2c1[C@@](O)(c1ncc(-c3ccc(NC(=O)O)cc3)[nH]1)CC2. The number of aromatic nitrogens is 3. The summed E-state index contributed by atoms with van der Waals surface area (Å²) in [5, 5.41) is 33.0. The number of carboxylic acid groups (broad SMARTS) is 1. The van der Waals surface area contributed by atoms with Crippen molar-refractivity contribution in [1.29, 1.82) is 5.26 Å². The molecule has 180 valence electrons. The average molecular weight is 503 g/mol. The number of H-pyrrole nitrogens is 1.